The minimum atomic E-state index is 0. The van der Waals surface area contributed by atoms with E-state index in [1.807, 2.05) is 11.3 Å². The van der Waals surface area contributed by atoms with E-state index in [2.05, 4.69) is 60.5 Å². The van der Waals surface area contributed by atoms with Gasteiger partial charge in [-0.2, -0.15) is 0 Å². The van der Waals surface area contributed by atoms with Crippen molar-refractivity contribution in [2.45, 2.75) is 25.8 Å². The lowest BCUT2D eigenvalue weighted by Gasteiger charge is -2.45. The van der Waals surface area contributed by atoms with Crippen molar-refractivity contribution in [2.24, 2.45) is 0 Å². The molecule has 0 aliphatic carbocycles. The number of benzene rings is 1. The Morgan fingerprint density at radius 1 is 1.21 bits per heavy atom. The highest BCUT2D eigenvalue weighted by atomic mass is 35.5. The summed E-state index contributed by atoms with van der Waals surface area (Å²) in [6.45, 7) is 6.89. The molecule has 0 N–H and O–H groups in total. The summed E-state index contributed by atoms with van der Waals surface area (Å²) in [7, 11) is 0. The highest BCUT2D eigenvalue weighted by Crippen LogP contribution is 2.42. The Kier molecular flexibility index (Phi) is 4.34. The molecule has 0 radical (unpaired) electrons. The van der Waals surface area contributed by atoms with Gasteiger partial charge in [0.25, 0.3) is 0 Å². The van der Waals surface area contributed by atoms with Gasteiger partial charge < -0.3 is 0 Å². The standard InChI is InChI=1S/C16H19NS.ClH/c1-3-17-11-10-13-7-4-5-8-14(13)16(17,2)15-9-6-12-18-15;/h4-9,12H,3,10-11H2,1-2H3;1H. The molecule has 0 saturated heterocycles. The number of hydrogen-bond acceptors (Lipinski definition) is 2. The highest BCUT2D eigenvalue weighted by molar-refractivity contribution is 7.10. The quantitative estimate of drug-likeness (QED) is 0.797. The molecule has 1 nitrogen and oxygen atoms in total. The number of likely N-dealkylation sites (N-methyl/N-ethyl adjacent to an activating group) is 1. The second-order valence-corrected chi connectivity index (χ2v) is 5.98. The largest absolute Gasteiger partial charge is 0.289 e. The smallest absolute Gasteiger partial charge is 0.0783 e. The van der Waals surface area contributed by atoms with Crippen LogP contribution >= 0.6 is 23.7 Å². The number of halogens is 1. The minimum Gasteiger partial charge on any atom is -0.289 e. The van der Waals surface area contributed by atoms with Crippen LogP contribution in [-0.2, 0) is 12.0 Å². The summed E-state index contributed by atoms with van der Waals surface area (Å²) < 4.78 is 0. The van der Waals surface area contributed by atoms with E-state index in [4.69, 9.17) is 0 Å². The van der Waals surface area contributed by atoms with Crippen molar-refractivity contribution >= 4 is 23.7 Å². The number of rotatable bonds is 2. The maximum atomic E-state index is 2.60. The SMILES string of the molecule is CCN1CCc2ccccc2C1(C)c1cccs1.Cl. The van der Waals surface area contributed by atoms with E-state index in [1.165, 1.54) is 22.4 Å². The Morgan fingerprint density at radius 3 is 2.68 bits per heavy atom. The maximum Gasteiger partial charge on any atom is 0.0783 e. The maximum absolute atomic E-state index is 2.60. The summed E-state index contributed by atoms with van der Waals surface area (Å²) in [5.74, 6) is 0. The monoisotopic (exact) mass is 293 g/mol. The molecule has 19 heavy (non-hydrogen) atoms. The molecule has 0 bridgehead atoms. The predicted octanol–water partition coefficient (Wildman–Crippen LogP) is 4.31. The van der Waals surface area contributed by atoms with E-state index in [0.717, 1.165) is 13.1 Å². The fourth-order valence-corrected chi connectivity index (χ4v) is 4.11. The fraction of sp³-hybridized carbons (Fsp3) is 0.375. The summed E-state index contributed by atoms with van der Waals surface area (Å²) in [5, 5.41) is 2.19. The first-order valence-electron chi connectivity index (χ1n) is 6.64. The molecule has 2 heterocycles. The molecule has 2 aromatic rings. The topological polar surface area (TPSA) is 3.24 Å². The average Bonchev–Trinajstić information content (AvgIpc) is 2.94. The van der Waals surface area contributed by atoms with Gasteiger partial charge in [-0.25, -0.2) is 0 Å². The van der Waals surface area contributed by atoms with Crippen LogP contribution < -0.4 is 0 Å². The van der Waals surface area contributed by atoms with Crippen molar-refractivity contribution in [3.63, 3.8) is 0 Å². The van der Waals surface area contributed by atoms with Crippen LogP contribution in [0.3, 0.4) is 0 Å². The van der Waals surface area contributed by atoms with Gasteiger partial charge in [-0.15, -0.1) is 23.7 Å². The van der Waals surface area contributed by atoms with Crippen LogP contribution in [0.4, 0.5) is 0 Å². The lowest BCUT2D eigenvalue weighted by Crippen LogP contribution is -2.48. The summed E-state index contributed by atoms with van der Waals surface area (Å²) in [6.07, 6.45) is 1.17. The van der Waals surface area contributed by atoms with Crippen molar-refractivity contribution in [1.29, 1.82) is 0 Å². The van der Waals surface area contributed by atoms with E-state index >= 15 is 0 Å². The van der Waals surface area contributed by atoms with E-state index < -0.39 is 0 Å². The van der Waals surface area contributed by atoms with Crippen LogP contribution in [0.2, 0.25) is 0 Å². The average molecular weight is 294 g/mol. The molecule has 102 valence electrons. The Labute approximate surface area is 125 Å². The number of fused-ring (bicyclic) bond motifs is 1. The zero-order valence-electron chi connectivity index (χ0n) is 11.4. The molecule has 1 unspecified atom stereocenters. The molecular formula is C16H20ClNS. The number of thiophene rings is 1. The Hall–Kier alpha value is -0.830. The number of hydrogen-bond donors (Lipinski definition) is 0. The van der Waals surface area contributed by atoms with Gasteiger partial charge in [-0.05, 0) is 42.5 Å². The predicted molar refractivity (Wildman–Crippen MR) is 85.4 cm³/mol. The molecule has 0 spiro atoms. The molecular weight excluding hydrogens is 274 g/mol. The van der Waals surface area contributed by atoms with E-state index in [1.54, 1.807) is 0 Å². The van der Waals surface area contributed by atoms with Crippen LogP contribution in [0.25, 0.3) is 0 Å². The van der Waals surface area contributed by atoms with Gasteiger partial charge in [0.15, 0.2) is 0 Å². The van der Waals surface area contributed by atoms with Gasteiger partial charge in [0.2, 0.25) is 0 Å². The van der Waals surface area contributed by atoms with Crippen molar-refractivity contribution in [1.82, 2.24) is 4.90 Å². The highest BCUT2D eigenvalue weighted by Gasteiger charge is 2.39. The van der Waals surface area contributed by atoms with Crippen molar-refractivity contribution in [3.05, 3.63) is 57.8 Å². The van der Waals surface area contributed by atoms with Gasteiger partial charge in [0, 0.05) is 11.4 Å². The van der Waals surface area contributed by atoms with Gasteiger partial charge in [-0.3, -0.25) is 4.90 Å². The van der Waals surface area contributed by atoms with Gasteiger partial charge in [0.05, 0.1) is 5.54 Å². The molecule has 1 aromatic carbocycles. The molecule has 0 amide bonds. The van der Waals surface area contributed by atoms with Crippen LogP contribution in [0, 0.1) is 0 Å². The van der Waals surface area contributed by atoms with Gasteiger partial charge in [0.1, 0.15) is 0 Å². The molecule has 1 aliphatic rings. The molecule has 3 heteroatoms. The van der Waals surface area contributed by atoms with Crippen LogP contribution in [0.1, 0.15) is 29.9 Å². The minimum absolute atomic E-state index is 0. The molecule has 3 rings (SSSR count). The lowest BCUT2D eigenvalue weighted by atomic mass is 9.81. The molecule has 0 saturated carbocycles. The summed E-state index contributed by atoms with van der Waals surface area (Å²) in [6, 6.07) is 13.4. The van der Waals surface area contributed by atoms with Crippen molar-refractivity contribution in [2.75, 3.05) is 13.1 Å². The van der Waals surface area contributed by atoms with E-state index in [-0.39, 0.29) is 17.9 Å². The van der Waals surface area contributed by atoms with Crippen molar-refractivity contribution in [3.8, 4) is 0 Å². The zero-order valence-corrected chi connectivity index (χ0v) is 13.1. The summed E-state index contributed by atoms with van der Waals surface area (Å²) in [5.41, 5.74) is 3.05. The van der Waals surface area contributed by atoms with Gasteiger partial charge >= 0.3 is 0 Å². The molecule has 0 fully saturated rings. The Balaban J connectivity index is 0.00000133. The molecule has 1 atom stereocenters. The third kappa shape index (κ3) is 2.22. The van der Waals surface area contributed by atoms with Crippen LogP contribution in [-0.4, -0.2) is 18.0 Å². The first-order chi connectivity index (χ1) is 8.76. The number of nitrogens with zero attached hydrogens (tertiary/aromatic N) is 1. The summed E-state index contributed by atoms with van der Waals surface area (Å²) >= 11 is 1.87. The second kappa shape index (κ2) is 5.66. The normalized spacial score (nSPS) is 22.6. The third-order valence-corrected chi connectivity index (χ3v) is 5.29. The van der Waals surface area contributed by atoms with Crippen LogP contribution in [0.15, 0.2) is 41.8 Å². The first kappa shape index (κ1) is 14.6. The zero-order chi connectivity index (χ0) is 12.6. The van der Waals surface area contributed by atoms with E-state index in [9.17, 15) is 0 Å². The van der Waals surface area contributed by atoms with Crippen LogP contribution in [0.5, 0.6) is 0 Å². The third-order valence-electron chi connectivity index (χ3n) is 4.21. The first-order valence-corrected chi connectivity index (χ1v) is 7.52. The van der Waals surface area contributed by atoms with Gasteiger partial charge in [-0.1, -0.05) is 37.3 Å². The van der Waals surface area contributed by atoms with E-state index in [0.29, 0.717) is 0 Å². The molecule has 1 aliphatic heterocycles. The second-order valence-electron chi connectivity index (χ2n) is 5.04. The van der Waals surface area contributed by atoms with Crippen molar-refractivity contribution < 1.29 is 0 Å². The Bertz CT molecular complexity index is 537. The molecule has 1 aromatic heterocycles. The Morgan fingerprint density at radius 2 is 2.00 bits per heavy atom. The lowest BCUT2D eigenvalue weighted by molar-refractivity contribution is 0.137. The fourth-order valence-electron chi connectivity index (χ4n) is 3.18. The summed E-state index contributed by atoms with van der Waals surface area (Å²) in [4.78, 5) is 4.05.